The van der Waals surface area contributed by atoms with Gasteiger partial charge >= 0.3 is 0 Å². The van der Waals surface area contributed by atoms with Crippen LogP contribution in [0.25, 0.3) is 0 Å². The van der Waals surface area contributed by atoms with Gasteiger partial charge in [-0.3, -0.25) is 4.79 Å². The maximum Gasteiger partial charge on any atom is 0.255 e. The van der Waals surface area contributed by atoms with E-state index in [0.29, 0.717) is 26.3 Å². The molecule has 0 radical (unpaired) electrons. The molecule has 0 heterocycles. The highest BCUT2D eigenvalue weighted by molar-refractivity contribution is 6.36. The molecular formula is C13H8Cl3NO. The Balaban J connectivity index is 2.24. The Kier molecular flexibility index (Phi) is 4.12. The first-order chi connectivity index (χ1) is 8.56. The second-order valence-corrected chi connectivity index (χ2v) is 4.87. The number of halogens is 3. The number of benzene rings is 2. The second kappa shape index (κ2) is 5.61. The van der Waals surface area contributed by atoms with Crippen molar-refractivity contribution in [3.63, 3.8) is 0 Å². The van der Waals surface area contributed by atoms with E-state index in [-0.39, 0.29) is 5.91 Å². The molecule has 92 valence electrons. The number of rotatable bonds is 2. The van der Waals surface area contributed by atoms with Crippen LogP contribution >= 0.6 is 34.8 Å². The highest BCUT2D eigenvalue weighted by Crippen LogP contribution is 2.26. The first kappa shape index (κ1) is 13.2. The molecule has 0 fully saturated rings. The minimum absolute atomic E-state index is 0.290. The summed E-state index contributed by atoms with van der Waals surface area (Å²) in [5.41, 5.74) is 0.924. The highest BCUT2D eigenvalue weighted by atomic mass is 35.5. The molecule has 0 bridgehead atoms. The predicted octanol–water partition coefficient (Wildman–Crippen LogP) is 4.90. The maximum atomic E-state index is 12.0. The molecule has 2 nitrogen and oxygen atoms in total. The zero-order valence-corrected chi connectivity index (χ0v) is 11.4. The van der Waals surface area contributed by atoms with E-state index in [1.165, 1.54) is 0 Å². The Hall–Kier alpha value is -1.22. The van der Waals surface area contributed by atoms with Crippen LogP contribution in [0.1, 0.15) is 10.4 Å². The largest absolute Gasteiger partial charge is 0.321 e. The quantitative estimate of drug-likeness (QED) is 0.840. The van der Waals surface area contributed by atoms with E-state index in [1.54, 1.807) is 42.5 Å². The highest BCUT2D eigenvalue weighted by Gasteiger charge is 2.09. The number of anilines is 1. The zero-order valence-electron chi connectivity index (χ0n) is 9.08. The van der Waals surface area contributed by atoms with E-state index in [4.69, 9.17) is 34.8 Å². The first-order valence-electron chi connectivity index (χ1n) is 5.08. The van der Waals surface area contributed by atoms with Crippen molar-refractivity contribution in [2.75, 3.05) is 5.32 Å². The summed E-state index contributed by atoms with van der Waals surface area (Å²) >= 11 is 17.6. The van der Waals surface area contributed by atoms with Crippen LogP contribution < -0.4 is 5.32 Å². The molecule has 0 aromatic heterocycles. The lowest BCUT2D eigenvalue weighted by molar-refractivity contribution is 0.102. The fraction of sp³-hybridized carbons (Fsp3) is 0. The lowest BCUT2D eigenvalue weighted by Gasteiger charge is -2.07. The Bertz CT molecular complexity index is 599. The Morgan fingerprint density at radius 2 is 1.67 bits per heavy atom. The van der Waals surface area contributed by atoms with Crippen molar-refractivity contribution < 1.29 is 4.79 Å². The van der Waals surface area contributed by atoms with E-state index in [9.17, 15) is 4.79 Å². The van der Waals surface area contributed by atoms with Crippen LogP contribution in [-0.4, -0.2) is 5.91 Å². The smallest absolute Gasteiger partial charge is 0.255 e. The number of carbonyl (C=O) groups excluding carboxylic acids is 1. The maximum absolute atomic E-state index is 12.0. The van der Waals surface area contributed by atoms with Crippen LogP contribution in [-0.2, 0) is 0 Å². The van der Waals surface area contributed by atoms with Crippen LogP contribution in [0.5, 0.6) is 0 Å². The van der Waals surface area contributed by atoms with Gasteiger partial charge in [0.25, 0.3) is 5.91 Å². The van der Waals surface area contributed by atoms with Gasteiger partial charge in [-0.2, -0.15) is 0 Å². The third-order valence-corrected chi connectivity index (χ3v) is 3.06. The van der Waals surface area contributed by atoms with Crippen LogP contribution in [0.2, 0.25) is 15.1 Å². The molecule has 1 amide bonds. The molecule has 0 aliphatic rings. The van der Waals surface area contributed by atoms with Gasteiger partial charge in [0.2, 0.25) is 0 Å². The van der Waals surface area contributed by atoms with Gasteiger partial charge in [0, 0.05) is 15.6 Å². The Morgan fingerprint density at radius 1 is 0.944 bits per heavy atom. The molecule has 0 spiro atoms. The van der Waals surface area contributed by atoms with Gasteiger partial charge in [0.1, 0.15) is 0 Å². The third kappa shape index (κ3) is 3.16. The predicted molar refractivity (Wildman–Crippen MR) is 75.9 cm³/mol. The van der Waals surface area contributed by atoms with Gasteiger partial charge in [-0.1, -0.05) is 40.9 Å². The molecule has 0 saturated carbocycles. The van der Waals surface area contributed by atoms with Gasteiger partial charge in [-0.05, 0) is 36.4 Å². The van der Waals surface area contributed by atoms with Crippen molar-refractivity contribution in [1.29, 1.82) is 0 Å². The van der Waals surface area contributed by atoms with Gasteiger partial charge < -0.3 is 5.32 Å². The number of carbonyl (C=O) groups is 1. The van der Waals surface area contributed by atoms with Crippen LogP contribution in [0.15, 0.2) is 42.5 Å². The Morgan fingerprint density at radius 3 is 2.39 bits per heavy atom. The summed E-state index contributed by atoms with van der Waals surface area (Å²) in [5, 5.41) is 4.11. The Labute approximate surface area is 119 Å². The lowest BCUT2D eigenvalue weighted by atomic mass is 10.2. The molecule has 2 aromatic rings. The molecule has 5 heteroatoms. The zero-order chi connectivity index (χ0) is 13.1. The fourth-order valence-electron chi connectivity index (χ4n) is 1.42. The van der Waals surface area contributed by atoms with Gasteiger partial charge in [0.05, 0.1) is 10.7 Å². The number of hydrogen-bond acceptors (Lipinski definition) is 1. The molecule has 0 saturated heterocycles. The SMILES string of the molecule is O=C(Nc1cc(Cl)ccc1Cl)c1cccc(Cl)c1. The van der Waals surface area contributed by atoms with E-state index in [0.717, 1.165) is 0 Å². The first-order valence-corrected chi connectivity index (χ1v) is 6.21. The van der Waals surface area contributed by atoms with Crippen molar-refractivity contribution in [2.45, 2.75) is 0 Å². The second-order valence-electron chi connectivity index (χ2n) is 3.59. The molecule has 0 atom stereocenters. The van der Waals surface area contributed by atoms with Crippen molar-refractivity contribution in [3.8, 4) is 0 Å². The van der Waals surface area contributed by atoms with Crippen molar-refractivity contribution >= 4 is 46.4 Å². The van der Waals surface area contributed by atoms with Crippen molar-refractivity contribution in [3.05, 3.63) is 63.1 Å². The summed E-state index contributed by atoms with van der Waals surface area (Å²) in [5.74, 6) is -0.290. The normalized spacial score (nSPS) is 10.2. The number of hydrogen-bond donors (Lipinski definition) is 1. The van der Waals surface area contributed by atoms with E-state index >= 15 is 0 Å². The number of amides is 1. The monoisotopic (exact) mass is 299 g/mol. The third-order valence-electron chi connectivity index (χ3n) is 2.26. The topological polar surface area (TPSA) is 29.1 Å². The molecule has 0 aliphatic carbocycles. The molecule has 2 aromatic carbocycles. The van der Waals surface area contributed by atoms with Crippen LogP contribution in [0, 0.1) is 0 Å². The van der Waals surface area contributed by atoms with Gasteiger partial charge in [-0.25, -0.2) is 0 Å². The summed E-state index contributed by atoms with van der Waals surface area (Å²) in [7, 11) is 0. The average molecular weight is 301 g/mol. The minimum Gasteiger partial charge on any atom is -0.321 e. The van der Waals surface area contributed by atoms with Gasteiger partial charge in [-0.15, -0.1) is 0 Å². The molecule has 0 unspecified atom stereocenters. The fourth-order valence-corrected chi connectivity index (χ4v) is 1.94. The van der Waals surface area contributed by atoms with Crippen molar-refractivity contribution in [1.82, 2.24) is 0 Å². The summed E-state index contributed by atoms with van der Waals surface area (Å²) in [6, 6.07) is 11.5. The molecule has 18 heavy (non-hydrogen) atoms. The standard InChI is InChI=1S/C13H8Cl3NO/c14-9-3-1-2-8(6-9)13(18)17-12-7-10(15)4-5-11(12)16/h1-7H,(H,17,18). The summed E-state index contributed by atoms with van der Waals surface area (Å²) in [6.45, 7) is 0. The summed E-state index contributed by atoms with van der Waals surface area (Å²) < 4.78 is 0. The molecule has 2 rings (SSSR count). The van der Waals surface area contributed by atoms with Crippen LogP contribution in [0.4, 0.5) is 5.69 Å². The lowest BCUT2D eigenvalue weighted by Crippen LogP contribution is -2.12. The van der Waals surface area contributed by atoms with E-state index in [1.807, 2.05) is 0 Å². The van der Waals surface area contributed by atoms with E-state index < -0.39 is 0 Å². The average Bonchev–Trinajstić information content (AvgIpc) is 2.34. The summed E-state index contributed by atoms with van der Waals surface area (Å²) in [6.07, 6.45) is 0. The van der Waals surface area contributed by atoms with Crippen molar-refractivity contribution in [2.24, 2.45) is 0 Å². The van der Waals surface area contributed by atoms with Gasteiger partial charge in [0.15, 0.2) is 0 Å². The molecule has 0 aliphatic heterocycles. The summed E-state index contributed by atoms with van der Waals surface area (Å²) in [4.78, 5) is 12.0. The number of nitrogens with one attached hydrogen (secondary N) is 1. The van der Waals surface area contributed by atoms with Crippen LogP contribution in [0.3, 0.4) is 0 Å². The molecule has 1 N–H and O–H groups in total. The molecular weight excluding hydrogens is 293 g/mol. The minimum atomic E-state index is -0.290. The van der Waals surface area contributed by atoms with E-state index in [2.05, 4.69) is 5.32 Å².